The summed E-state index contributed by atoms with van der Waals surface area (Å²) in [5.74, 6) is 0.499. The summed E-state index contributed by atoms with van der Waals surface area (Å²) in [5.41, 5.74) is 0.937. The van der Waals surface area contributed by atoms with E-state index in [1.165, 1.54) is 12.1 Å². The molecule has 7 heteroatoms. The largest absolute Gasteiger partial charge is 0.331 e. The molecule has 1 aliphatic heterocycles. The van der Waals surface area contributed by atoms with Gasteiger partial charge in [0.25, 0.3) is 0 Å². The zero-order valence-corrected chi connectivity index (χ0v) is 16.2. The van der Waals surface area contributed by atoms with Crippen LogP contribution in [-0.4, -0.2) is 34.9 Å². The van der Waals surface area contributed by atoms with Gasteiger partial charge in [0.1, 0.15) is 11.6 Å². The van der Waals surface area contributed by atoms with Crippen molar-refractivity contribution < 1.29 is 14.0 Å². The zero-order valence-electron chi connectivity index (χ0n) is 16.2. The second-order valence-corrected chi connectivity index (χ2v) is 7.78. The first-order valence-corrected chi connectivity index (χ1v) is 10.1. The lowest BCUT2D eigenvalue weighted by molar-refractivity contribution is -0.121. The molecule has 29 heavy (non-hydrogen) atoms. The van der Waals surface area contributed by atoms with Crippen molar-refractivity contribution in [3.63, 3.8) is 0 Å². The molecule has 2 aromatic rings. The van der Waals surface area contributed by atoms with Crippen LogP contribution in [0.3, 0.4) is 0 Å². The molecule has 0 spiro atoms. The smallest absolute Gasteiger partial charge is 0.317 e. The number of halogens is 1. The van der Waals surface area contributed by atoms with E-state index in [9.17, 15) is 14.0 Å². The molecule has 152 valence electrons. The Morgan fingerprint density at radius 1 is 1.03 bits per heavy atom. The van der Waals surface area contributed by atoms with E-state index >= 15 is 0 Å². The van der Waals surface area contributed by atoms with Crippen LogP contribution >= 0.6 is 0 Å². The number of benzene rings is 1. The zero-order chi connectivity index (χ0) is 20.2. The molecule has 1 aromatic carbocycles. The molecule has 1 saturated heterocycles. The van der Waals surface area contributed by atoms with Crippen molar-refractivity contribution in [1.29, 1.82) is 0 Å². The maximum Gasteiger partial charge on any atom is 0.317 e. The van der Waals surface area contributed by atoms with E-state index in [2.05, 4.69) is 15.6 Å². The molecule has 2 heterocycles. The van der Waals surface area contributed by atoms with Crippen LogP contribution in [0, 0.1) is 17.7 Å². The van der Waals surface area contributed by atoms with Gasteiger partial charge in [-0.1, -0.05) is 18.2 Å². The number of hydrogen-bond acceptors (Lipinski definition) is 3. The first-order valence-electron chi connectivity index (χ1n) is 10.1. The number of carbonyl (C=O) groups excluding carboxylic acids is 2. The van der Waals surface area contributed by atoms with E-state index in [0.717, 1.165) is 18.4 Å². The summed E-state index contributed by atoms with van der Waals surface area (Å²) in [6.45, 7) is 1.07. The molecule has 2 fully saturated rings. The van der Waals surface area contributed by atoms with Gasteiger partial charge >= 0.3 is 6.03 Å². The third-order valence-electron chi connectivity index (χ3n) is 5.67. The first-order chi connectivity index (χ1) is 14.1. The summed E-state index contributed by atoms with van der Waals surface area (Å²) >= 11 is 0. The Morgan fingerprint density at radius 3 is 2.38 bits per heavy atom. The molecule has 1 saturated carbocycles. The Bertz CT molecular complexity index is 847. The molecule has 0 unspecified atom stereocenters. The standard InChI is InChI=1S/C22H25FN4O2/c23-18-8-6-16(7-9-18)20(15-4-5-15)26-22(29)27-13-10-17(11-14-27)21(28)25-19-3-1-2-12-24-19/h1-3,6-9,12,15,17,20H,4-5,10-11,13-14H2,(H,26,29)(H,24,25,28)/t20-/m1/s1. The molecule has 4 rings (SSSR count). The molecule has 2 N–H and O–H groups in total. The molecule has 0 radical (unpaired) electrons. The van der Waals surface area contributed by atoms with Gasteiger partial charge in [-0.3, -0.25) is 4.79 Å². The van der Waals surface area contributed by atoms with Gasteiger partial charge in [-0.25, -0.2) is 14.2 Å². The van der Waals surface area contributed by atoms with Gasteiger partial charge < -0.3 is 15.5 Å². The number of anilines is 1. The average Bonchev–Trinajstić information content (AvgIpc) is 3.59. The maximum absolute atomic E-state index is 13.2. The van der Waals surface area contributed by atoms with Crippen LogP contribution in [0.5, 0.6) is 0 Å². The van der Waals surface area contributed by atoms with E-state index in [4.69, 9.17) is 0 Å². The Morgan fingerprint density at radius 2 is 1.76 bits per heavy atom. The van der Waals surface area contributed by atoms with Crippen molar-refractivity contribution >= 4 is 17.8 Å². The molecule has 6 nitrogen and oxygen atoms in total. The highest BCUT2D eigenvalue weighted by molar-refractivity contribution is 5.91. The van der Waals surface area contributed by atoms with Crippen molar-refractivity contribution in [2.45, 2.75) is 31.7 Å². The number of nitrogens with one attached hydrogen (secondary N) is 2. The molecule has 2 aliphatic rings. The summed E-state index contributed by atoms with van der Waals surface area (Å²) in [6.07, 6.45) is 5.02. The van der Waals surface area contributed by atoms with Crippen LogP contribution in [0.1, 0.15) is 37.3 Å². The van der Waals surface area contributed by atoms with Crippen molar-refractivity contribution in [3.8, 4) is 0 Å². The Balaban J connectivity index is 1.30. The highest BCUT2D eigenvalue weighted by Crippen LogP contribution is 2.41. The fraction of sp³-hybridized carbons (Fsp3) is 0.409. The third-order valence-corrected chi connectivity index (χ3v) is 5.67. The first kappa shape index (κ1) is 19.4. The number of rotatable bonds is 5. The van der Waals surface area contributed by atoms with Gasteiger partial charge in [0.15, 0.2) is 0 Å². The summed E-state index contributed by atoms with van der Waals surface area (Å²) in [5, 5.41) is 5.96. The van der Waals surface area contributed by atoms with Gasteiger partial charge in [-0.05, 0) is 61.4 Å². The van der Waals surface area contributed by atoms with Gasteiger partial charge in [0.2, 0.25) is 5.91 Å². The number of urea groups is 1. The highest BCUT2D eigenvalue weighted by Gasteiger charge is 2.35. The van der Waals surface area contributed by atoms with Gasteiger partial charge in [-0.2, -0.15) is 0 Å². The Kier molecular flexibility index (Phi) is 5.74. The number of likely N-dealkylation sites (tertiary alicyclic amines) is 1. The van der Waals surface area contributed by atoms with Crippen LogP contribution in [0.15, 0.2) is 48.7 Å². The number of nitrogens with zero attached hydrogens (tertiary/aromatic N) is 2. The van der Waals surface area contributed by atoms with Crippen LogP contribution in [-0.2, 0) is 4.79 Å². The van der Waals surface area contributed by atoms with Gasteiger partial charge in [-0.15, -0.1) is 0 Å². The predicted octanol–water partition coefficient (Wildman–Crippen LogP) is 3.73. The van der Waals surface area contributed by atoms with E-state index in [1.54, 1.807) is 35.4 Å². The normalized spacial score (nSPS) is 18.2. The number of amides is 3. The fourth-order valence-corrected chi connectivity index (χ4v) is 3.81. The highest BCUT2D eigenvalue weighted by atomic mass is 19.1. The number of hydrogen-bond donors (Lipinski definition) is 2. The molecular formula is C22H25FN4O2. The molecule has 1 aromatic heterocycles. The summed E-state index contributed by atoms with van der Waals surface area (Å²) < 4.78 is 13.2. The predicted molar refractivity (Wildman–Crippen MR) is 108 cm³/mol. The SMILES string of the molecule is O=C(Nc1ccccn1)C1CCN(C(=O)N[C@@H](c2ccc(F)cc2)C2CC2)CC1. The van der Waals surface area contributed by atoms with Crippen molar-refractivity contribution in [2.75, 3.05) is 18.4 Å². The quantitative estimate of drug-likeness (QED) is 0.809. The van der Waals surface area contributed by atoms with Crippen molar-refractivity contribution in [2.24, 2.45) is 11.8 Å². The third kappa shape index (κ3) is 4.91. The second kappa shape index (κ2) is 8.59. The lowest BCUT2D eigenvalue weighted by Crippen LogP contribution is -2.47. The average molecular weight is 396 g/mol. The lowest BCUT2D eigenvalue weighted by Gasteiger charge is -2.33. The van der Waals surface area contributed by atoms with E-state index < -0.39 is 0 Å². The number of pyridine rings is 1. The summed E-state index contributed by atoms with van der Waals surface area (Å²) in [6, 6.07) is 11.5. The topological polar surface area (TPSA) is 74.3 Å². The number of aromatic nitrogens is 1. The Hall–Kier alpha value is -2.96. The molecule has 1 atom stereocenters. The van der Waals surface area contributed by atoms with Crippen molar-refractivity contribution in [3.05, 3.63) is 60.0 Å². The Labute approximate surface area is 169 Å². The van der Waals surface area contributed by atoms with E-state index in [1.807, 2.05) is 6.07 Å². The lowest BCUT2D eigenvalue weighted by atomic mass is 9.96. The van der Waals surface area contributed by atoms with Crippen LogP contribution < -0.4 is 10.6 Å². The van der Waals surface area contributed by atoms with Crippen LogP contribution in [0.25, 0.3) is 0 Å². The van der Waals surface area contributed by atoms with Gasteiger partial charge in [0, 0.05) is 25.2 Å². The van der Waals surface area contributed by atoms with Crippen LogP contribution in [0.4, 0.5) is 15.0 Å². The van der Waals surface area contributed by atoms with E-state index in [-0.39, 0.29) is 29.7 Å². The molecule has 0 bridgehead atoms. The number of piperidine rings is 1. The number of carbonyl (C=O) groups is 2. The van der Waals surface area contributed by atoms with Crippen molar-refractivity contribution in [1.82, 2.24) is 15.2 Å². The van der Waals surface area contributed by atoms with Gasteiger partial charge in [0.05, 0.1) is 6.04 Å². The minimum absolute atomic E-state index is 0.0501. The maximum atomic E-state index is 13.2. The summed E-state index contributed by atoms with van der Waals surface area (Å²) in [4.78, 5) is 31.1. The molecule has 1 aliphatic carbocycles. The second-order valence-electron chi connectivity index (χ2n) is 7.78. The summed E-state index contributed by atoms with van der Waals surface area (Å²) in [7, 11) is 0. The monoisotopic (exact) mass is 396 g/mol. The van der Waals surface area contributed by atoms with Crippen LogP contribution in [0.2, 0.25) is 0 Å². The molecular weight excluding hydrogens is 371 g/mol. The minimum atomic E-state index is -0.277. The fourth-order valence-electron chi connectivity index (χ4n) is 3.81. The molecule has 3 amide bonds. The van der Waals surface area contributed by atoms with E-state index in [0.29, 0.717) is 37.7 Å². The minimum Gasteiger partial charge on any atom is -0.331 e.